The lowest BCUT2D eigenvalue weighted by Gasteiger charge is -2.08. The molecular formula is C28H24N2O5. The Kier molecular flexibility index (Phi) is 5.74. The van der Waals surface area contributed by atoms with E-state index < -0.39 is 5.91 Å². The molecule has 0 aliphatic carbocycles. The molecule has 0 bridgehead atoms. The third-order valence-corrected chi connectivity index (χ3v) is 6.11. The third kappa shape index (κ3) is 4.24. The molecule has 0 fully saturated rings. The van der Waals surface area contributed by atoms with Gasteiger partial charge in [-0.25, -0.2) is 0 Å². The van der Waals surface area contributed by atoms with Gasteiger partial charge in [0.25, 0.3) is 5.91 Å². The number of fused-ring (bicyclic) bond motifs is 2. The van der Waals surface area contributed by atoms with Crippen LogP contribution in [0, 0.1) is 13.8 Å². The van der Waals surface area contributed by atoms with Crippen LogP contribution in [0.15, 0.2) is 75.8 Å². The van der Waals surface area contributed by atoms with Gasteiger partial charge in [-0.05, 0) is 61.4 Å². The summed E-state index contributed by atoms with van der Waals surface area (Å²) in [7, 11) is 1.57. The highest BCUT2D eigenvalue weighted by molar-refractivity contribution is 6.14. The summed E-state index contributed by atoms with van der Waals surface area (Å²) < 4.78 is 16.7. The number of ether oxygens (including phenoxy) is 1. The molecule has 0 aliphatic rings. The molecule has 5 rings (SSSR count). The molecule has 0 spiro atoms. The second-order valence-corrected chi connectivity index (χ2v) is 8.36. The molecule has 2 amide bonds. The van der Waals surface area contributed by atoms with Crippen LogP contribution in [0.4, 0.5) is 11.4 Å². The van der Waals surface area contributed by atoms with E-state index in [0.717, 1.165) is 27.7 Å². The second-order valence-electron chi connectivity index (χ2n) is 8.36. The van der Waals surface area contributed by atoms with Crippen LogP contribution in [-0.2, 0) is 11.2 Å². The summed E-state index contributed by atoms with van der Waals surface area (Å²) in [5, 5.41) is 7.25. The van der Waals surface area contributed by atoms with E-state index in [9.17, 15) is 9.59 Å². The van der Waals surface area contributed by atoms with E-state index in [1.165, 1.54) is 0 Å². The molecule has 2 N–H and O–H groups in total. The standard InChI is InChI=1S/C28H24N2O5/c1-16-8-13-21-18(15-34-26(21)17(16)2)14-24(31)30-25-22-6-4-5-7-23(22)35-27(25)28(32)29-19-9-11-20(33-3)12-10-19/h4-13,15H,14H2,1-3H3,(H,29,32)(H,30,31). The first-order chi connectivity index (χ1) is 16.9. The van der Waals surface area contributed by atoms with Gasteiger partial charge in [-0.1, -0.05) is 24.3 Å². The van der Waals surface area contributed by atoms with Crippen LogP contribution in [0.1, 0.15) is 27.2 Å². The lowest BCUT2D eigenvalue weighted by molar-refractivity contribution is -0.115. The van der Waals surface area contributed by atoms with E-state index in [1.807, 2.05) is 38.1 Å². The van der Waals surface area contributed by atoms with Gasteiger partial charge in [0, 0.05) is 22.0 Å². The zero-order valence-corrected chi connectivity index (χ0v) is 19.6. The Morgan fingerprint density at radius 3 is 2.46 bits per heavy atom. The quantitative estimate of drug-likeness (QED) is 0.308. The molecule has 0 atom stereocenters. The van der Waals surface area contributed by atoms with Crippen molar-refractivity contribution in [3.63, 3.8) is 0 Å². The Morgan fingerprint density at radius 2 is 1.69 bits per heavy atom. The van der Waals surface area contributed by atoms with E-state index in [-0.39, 0.29) is 18.1 Å². The number of benzene rings is 3. The lowest BCUT2D eigenvalue weighted by atomic mass is 10.0. The minimum atomic E-state index is -0.471. The summed E-state index contributed by atoms with van der Waals surface area (Å²) in [6.07, 6.45) is 1.70. The van der Waals surface area contributed by atoms with Crippen LogP contribution in [0.25, 0.3) is 21.9 Å². The maximum absolute atomic E-state index is 13.1. The predicted molar refractivity (Wildman–Crippen MR) is 135 cm³/mol. The number of para-hydroxylation sites is 1. The number of aryl methyl sites for hydroxylation is 2. The highest BCUT2D eigenvalue weighted by Crippen LogP contribution is 2.32. The van der Waals surface area contributed by atoms with Gasteiger partial charge < -0.3 is 24.2 Å². The number of anilines is 2. The van der Waals surface area contributed by atoms with Gasteiger partial charge in [-0.2, -0.15) is 0 Å². The smallest absolute Gasteiger partial charge is 0.293 e. The maximum atomic E-state index is 13.1. The van der Waals surface area contributed by atoms with Crippen LogP contribution >= 0.6 is 0 Å². The van der Waals surface area contributed by atoms with Crippen molar-refractivity contribution in [1.82, 2.24) is 0 Å². The SMILES string of the molecule is COc1ccc(NC(=O)c2oc3ccccc3c2NC(=O)Cc2coc3c(C)c(C)ccc23)cc1. The second kappa shape index (κ2) is 9.02. The monoisotopic (exact) mass is 468 g/mol. The lowest BCUT2D eigenvalue weighted by Crippen LogP contribution is -2.18. The Hall–Kier alpha value is -4.52. The molecule has 0 saturated carbocycles. The first kappa shape index (κ1) is 22.3. The number of hydrogen-bond donors (Lipinski definition) is 2. The zero-order chi connectivity index (χ0) is 24.5. The maximum Gasteiger partial charge on any atom is 0.293 e. The zero-order valence-electron chi connectivity index (χ0n) is 19.6. The van der Waals surface area contributed by atoms with Crippen LogP contribution in [0.3, 0.4) is 0 Å². The fraction of sp³-hybridized carbons (Fsp3) is 0.143. The van der Waals surface area contributed by atoms with Gasteiger partial charge in [0.2, 0.25) is 11.7 Å². The fourth-order valence-electron chi connectivity index (χ4n) is 4.07. The highest BCUT2D eigenvalue weighted by Gasteiger charge is 2.23. The summed E-state index contributed by atoms with van der Waals surface area (Å²) >= 11 is 0. The first-order valence-corrected chi connectivity index (χ1v) is 11.2. The Labute approximate surface area is 201 Å². The predicted octanol–water partition coefficient (Wildman–Crippen LogP) is 6.24. The number of methoxy groups -OCH3 is 1. The Morgan fingerprint density at radius 1 is 0.914 bits per heavy atom. The van der Waals surface area contributed by atoms with Crippen LogP contribution in [-0.4, -0.2) is 18.9 Å². The molecule has 176 valence electrons. The van der Waals surface area contributed by atoms with Crippen molar-refractivity contribution in [2.75, 3.05) is 17.7 Å². The minimum Gasteiger partial charge on any atom is -0.497 e. The number of furan rings is 2. The molecule has 0 radical (unpaired) electrons. The van der Waals surface area contributed by atoms with E-state index in [0.29, 0.717) is 28.1 Å². The van der Waals surface area contributed by atoms with E-state index in [2.05, 4.69) is 10.6 Å². The van der Waals surface area contributed by atoms with Gasteiger partial charge in [0.1, 0.15) is 22.6 Å². The number of amides is 2. The summed E-state index contributed by atoms with van der Waals surface area (Å²) in [6, 6.07) is 18.1. The minimum absolute atomic E-state index is 0.0267. The van der Waals surface area contributed by atoms with Crippen molar-refractivity contribution in [3.8, 4) is 5.75 Å². The number of carbonyl (C=O) groups is 2. The summed E-state index contributed by atoms with van der Waals surface area (Å²) in [4.78, 5) is 26.2. The average molecular weight is 469 g/mol. The fourth-order valence-corrected chi connectivity index (χ4v) is 4.07. The molecule has 35 heavy (non-hydrogen) atoms. The van der Waals surface area contributed by atoms with Crippen molar-refractivity contribution >= 4 is 45.1 Å². The van der Waals surface area contributed by atoms with E-state index >= 15 is 0 Å². The van der Waals surface area contributed by atoms with Gasteiger partial charge >= 0.3 is 0 Å². The molecule has 7 heteroatoms. The van der Waals surface area contributed by atoms with Crippen molar-refractivity contribution in [2.45, 2.75) is 20.3 Å². The molecule has 7 nitrogen and oxygen atoms in total. The molecule has 0 unspecified atom stereocenters. The van der Waals surface area contributed by atoms with Crippen LogP contribution in [0.2, 0.25) is 0 Å². The van der Waals surface area contributed by atoms with Crippen LogP contribution < -0.4 is 15.4 Å². The number of nitrogens with one attached hydrogen (secondary N) is 2. The summed E-state index contributed by atoms with van der Waals surface area (Å²) in [6.45, 7) is 4.02. The molecule has 3 aromatic carbocycles. The van der Waals surface area contributed by atoms with Crippen molar-refractivity contribution in [2.24, 2.45) is 0 Å². The van der Waals surface area contributed by atoms with Crippen LogP contribution in [0.5, 0.6) is 5.75 Å². The number of carbonyl (C=O) groups excluding carboxylic acids is 2. The largest absolute Gasteiger partial charge is 0.497 e. The molecule has 2 aromatic heterocycles. The summed E-state index contributed by atoms with van der Waals surface area (Å²) in [5.41, 5.74) is 5.13. The highest BCUT2D eigenvalue weighted by atomic mass is 16.5. The Bertz CT molecular complexity index is 1560. The third-order valence-electron chi connectivity index (χ3n) is 6.11. The first-order valence-electron chi connectivity index (χ1n) is 11.2. The van der Waals surface area contributed by atoms with E-state index in [4.69, 9.17) is 13.6 Å². The Balaban J connectivity index is 1.42. The van der Waals surface area contributed by atoms with E-state index in [1.54, 1.807) is 49.8 Å². The average Bonchev–Trinajstić information content (AvgIpc) is 3.44. The van der Waals surface area contributed by atoms with Crippen molar-refractivity contribution < 1.29 is 23.2 Å². The number of rotatable bonds is 6. The summed E-state index contributed by atoms with van der Waals surface area (Å²) in [5.74, 6) is -0.0480. The molecule has 0 saturated heterocycles. The van der Waals surface area contributed by atoms with Gasteiger partial charge in [-0.15, -0.1) is 0 Å². The van der Waals surface area contributed by atoms with Gasteiger partial charge in [-0.3, -0.25) is 9.59 Å². The van der Waals surface area contributed by atoms with Crippen molar-refractivity contribution in [3.05, 3.63) is 89.4 Å². The number of hydrogen-bond acceptors (Lipinski definition) is 5. The molecule has 2 heterocycles. The topological polar surface area (TPSA) is 93.7 Å². The normalized spacial score (nSPS) is 11.1. The van der Waals surface area contributed by atoms with Gasteiger partial charge in [0.15, 0.2) is 0 Å². The molecule has 0 aliphatic heterocycles. The molecular weight excluding hydrogens is 444 g/mol. The molecule has 5 aromatic rings. The van der Waals surface area contributed by atoms with Crippen molar-refractivity contribution in [1.29, 1.82) is 0 Å². The van der Waals surface area contributed by atoms with Gasteiger partial charge in [0.05, 0.1) is 19.8 Å².